The van der Waals surface area contributed by atoms with Crippen LogP contribution in [-0.2, 0) is 28.5 Å². The summed E-state index contributed by atoms with van der Waals surface area (Å²) in [5, 5.41) is 2.85. The number of hydrogen-bond donors (Lipinski definition) is 1. The van der Waals surface area contributed by atoms with Crippen molar-refractivity contribution in [1.29, 1.82) is 0 Å². The average molecular weight is 409 g/mol. The van der Waals surface area contributed by atoms with Crippen molar-refractivity contribution in [3.63, 3.8) is 0 Å². The van der Waals surface area contributed by atoms with Crippen molar-refractivity contribution in [2.24, 2.45) is 0 Å². The number of fused-ring (bicyclic) bond motifs is 3. The molecule has 1 aromatic carbocycles. The molecular formula is C20H27NO8. The summed E-state index contributed by atoms with van der Waals surface area (Å²) >= 11 is 0. The number of rotatable bonds is 4. The maximum Gasteiger partial charge on any atom is 0.256 e. The summed E-state index contributed by atoms with van der Waals surface area (Å²) in [4.78, 5) is 13.1. The Morgan fingerprint density at radius 2 is 1.59 bits per heavy atom. The Kier molecular flexibility index (Phi) is 4.99. The number of benzene rings is 1. The third kappa shape index (κ3) is 3.80. The van der Waals surface area contributed by atoms with Crippen LogP contribution >= 0.6 is 0 Å². The number of nitrogens with one attached hydrogen (secondary N) is 1. The van der Waals surface area contributed by atoms with E-state index in [0.717, 1.165) is 0 Å². The Hall–Kier alpha value is -1.91. The first-order valence-electron chi connectivity index (χ1n) is 9.52. The van der Waals surface area contributed by atoms with Gasteiger partial charge in [-0.25, -0.2) is 0 Å². The van der Waals surface area contributed by atoms with Crippen molar-refractivity contribution in [3.8, 4) is 11.5 Å². The Balaban J connectivity index is 1.58. The fraction of sp³-hybridized carbons (Fsp3) is 0.650. The van der Waals surface area contributed by atoms with Gasteiger partial charge in [-0.05, 0) is 39.8 Å². The van der Waals surface area contributed by atoms with Gasteiger partial charge >= 0.3 is 0 Å². The van der Waals surface area contributed by atoms with Gasteiger partial charge in [0.2, 0.25) is 0 Å². The smallest absolute Gasteiger partial charge is 0.256 e. The van der Waals surface area contributed by atoms with E-state index < -0.39 is 48.2 Å². The molecule has 0 unspecified atom stereocenters. The monoisotopic (exact) mass is 409 g/mol. The van der Waals surface area contributed by atoms with Crippen molar-refractivity contribution < 1.29 is 38.0 Å². The van der Waals surface area contributed by atoms with Crippen molar-refractivity contribution in [1.82, 2.24) is 0 Å². The first-order valence-corrected chi connectivity index (χ1v) is 9.52. The van der Waals surface area contributed by atoms with Gasteiger partial charge in [0.05, 0.1) is 19.9 Å². The second-order valence-electron chi connectivity index (χ2n) is 8.15. The molecule has 3 heterocycles. The van der Waals surface area contributed by atoms with E-state index in [1.807, 2.05) is 0 Å². The van der Waals surface area contributed by atoms with Gasteiger partial charge < -0.3 is 38.5 Å². The minimum Gasteiger partial charge on any atom is -0.497 e. The highest BCUT2D eigenvalue weighted by atomic mass is 16.9. The molecule has 0 bridgehead atoms. The number of methoxy groups -OCH3 is 2. The first-order chi connectivity index (χ1) is 13.6. The largest absolute Gasteiger partial charge is 0.497 e. The van der Waals surface area contributed by atoms with Crippen LogP contribution in [0, 0.1) is 0 Å². The lowest BCUT2D eigenvalue weighted by Gasteiger charge is -2.36. The van der Waals surface area contributed by atoms with Gasteiger partial charge in [0, 0.05) is 6.07 Å². The Labute approximate surface area is 169 Å². The van der Waals surface area contributed by atoms with Crippen molar-refractivity contribution >= 4 is 11.6 Å². The van der Waals surface area contributed by atoms with E-state index in [-0.39, 0.29) is 0 Å². The quantitative estimate of drug-likeness (QED) is 0.808. The van der Waals surface area contributed by atoms with Crippen LogP contribution < -0.4 is 14.8 Å². The number of amides is 1. The second kappa shape index (κ2) is 7.10. The maximum atomic E-state index is 13.1. The van der Waals surface area contributed by atoms with E-state index in [0.29, 0.717) is 17.2 Å². The van der Waals surface area contributed by atoms with Gasteiger partial charge in [-0.15, -0.1) is 0 Å². The Morgan fingerprint density at radius 3 is 2.28 bits per heavy atom. The molecule has 160 valence electrons. The van der Waals surface area contributed by atoms with Crippen LogP contribution in [0.4, 0.5) is 5.69 Å². The van der Waals surface area contributed by atoms with Gasteiger partial charge in [0.15, 0.2) is 24.0 Å². The molecule has 9 heteroatoms. The summed E-state index contributed by atoms with van der Waals surface area (Å²) in [6.07, 6.45) is -3.33. The zero-order chi connectivity index (χ0) is 21.0. The van der Waals surface area contributed by atoms with Crippen molar-refractivity contribution in [2.45, 2.75) is 70.0 Å². The fourth-order valence-corrected chi connectivity index (χ4v) is 3.93. The number of carbonyl (C=O) groups excluding carboxylic acids is 1. The van der Waals surface area contributed by atoms with Crippen LogP contribution in [-0.4, -0.2) is 62.4 Å². The summed E-state index contributed by atoms with van der Waals surface area (Å²) in [6.45, 7) is 7.18. The lowest BCUT2D eigenvalue weighted by molar-refractivity contribution is -0.229. The summed E-state index contributed by atoms with van der Waals surface area (Å²) in [6, 6.07) is 5.12. The van der Waals surface area contributed by atoms with E-state index in [9.17, 15) is 4.79 Å². The lowest BCUT2D eigenvalue weighted by atomic mass is 9.98. The minimum atomic E-state index is -0.952. The van der Waals surface area contributed by atoms with Gasteiger partial charge in [-0.2, -0.15) is 0 Å². The Morgan fingerprint density at radius 1 is 0.931 bits per heavy atom. The SMILES string of the molecule is COc1ccc(NC(=O)[C@H]2O[C@@H]3OC(C)(C)O[C@@H]3[C@H]3OC(C)(C)O[C@H]32)c(OC)c1. The summed E-state index contributed by atoms with van der Waals surface area (Å²) in [7, 11) is 3.08. The molecule has 0 aliphatic carbocycles. The zero-order valence-electron chi connectivity index (χ0n) is 17.4. The van der Waals surface area contributed by atoms with Crippen LogP contribution in [0.25, 0.3) is 0 Å². The van der Waals surface area contributed by atoms with Gasteiger partial charge in [-0.3, -0.25) is 4.79 Å². The van der Waals surface area contributed by atoms with E-state index in [1.54, 1.807) is 53.0 Å². The topological polar surface area (TPSA) is 93.7 Å². The average Bonchev–Trinajstić information content (AvgIpc) is 3.14. The third-order valence-electron chi connectivity index (χ3n) is 5.08. The molecule has 0 saturated carbocycles. The second-order valence-corrected chi connectivity index (χ2v) is 8.15. The molecular weight excluding hydrogens is 382 g/mol. The molecule has 0 spiro atoms. The molecule has 5 atom stereocenters. The Bertz CT molecular complexity index is 795. The normalized spacial score (nSPS) is 34.2. The van der Waals surface area contributed by atoms with Gasteiger partial charge in [-0.1, -0.05) is 0 Å². The molecule has 3 saturated heterocycles. The zero-order valence-corrected chi connectivity index (χ0v) is 17.4. The van der Waals surface area contributed by atoms with E-state index >= 15 is 0 Å². The van der Waals surface area contributed by atoms with Crippen LogP contribution in [0.2, 0.25) is 0 Å². The highest BCUT2D eigenvalue weighted by molar-refractivity contribution is 5.96. The first kappa shape index (κ1) is 20.4. The molecule has 9 nitrogen and oxygen atoms in total. The van der Waals surface area contributed by atoms with Crippen LogP contribution in [0.5, 0.6) is 11.5 Å². The van der Waals surface area contributed by atoms with Crippen molar-refractivity contribution in [2.75, 3.05) is 19.5 Å². The summed E-state index contributed by atoms with van der Waals surface area (Å²) in [5.41, 5.74) is 0.489. The summed E-state index contributed by atoms with van der Waals surface area (Å²) < 4.78 is 40.3. The molecule has 3 aliphatic heterocycles. The minimum absolute atomic E-state index is 0.392. The number of ether oxygens (including phenoxy) is 7. The third-order valence-corrected chi connectivity index (χ3v) is 5.08. The molecule has 0 aromatic heterocycles. The number of anilines is 1. The predicted octanol–water partition coefficient (Wildman–Crippen LogP) is 2.04. The molecule has 29 heavy (non-hydrogen) atoms. The van der Waals surface area contributed by atoms with Gasteiger partial charge in [0.25, 0.3) is 5.91 Å². The number of hydrogen-bond acceptors (Lipinski definition) is 8. The van der Waals surface area contributed by atoms with Crippen molar-refractivity contribution in [3.05, 3.63) is 18.2 Å². The molecule has 1 amide bonds. The van der Waals surface area contributed by atoms with Gasteiger partial charge in [0.1, 0.15) is 29.8 Å². The fourth-order valence-electron chi connectivity index (χ4n) is 3.93. The number of carbonyl (C=O) groups is 1. The van der Waals surface area contributed by atoms with E-state index in [1.165, 1.54) is 7.11 Å². The highest BCUT2D eigenvalue weighted by Crippen LogP contribution is 2.44. The lowest BCUT2D eigenvalue weighted by Crippen LogP contribution is -2.58. The maximum absolute atomic E-state index is 13.1. The van der Waals surface area contributed by atoms with Crippen LogP contribution in [0.15, 0.2) is 18.2 Å². The molecule has 3 fully saturated rings. The molecule has 1 N–H and O–H groups in total. The molecule has 4 rings (SSSR count). The molecule has 1 aromatic rings. The molecule has 3 aliphatic rings. The van der Waals surface area contributed by atoms with E-state index in [4.69, 9.17) is 33.2 Å². The van der Waals surface area contributed by atoms with E-state index in [2.05, 4.69) is 5.32 Å². The summed E-state index contributed by atoms with van der Waals surface area (Å²) in [5.74, 6) is -1.03. The van der Waals surface area contributed by atoms with Crippen LogP contribution in [0.1, 0.15) is 27.7 Å². The standard InChI is InChI=1S/C20H27NO8/c1-19(2)26-13-14(27-19)16-18(29-20(3,4)28-16)25-15(13)17(22)21-11-8-7-10(23-5)9-12(11)24-6/h7-9,13-16,18H,1-6H3,(H,21,22)/t13-,14+,15+,16-,18-/m1/s1. The van der Waals surface area contributed by atoms with Crippen LogP contribution in [0.3, 0.4) is 0 Å². The highest BCUT2D eigenvalue weighted by Gasteiger charge is 2.62. The predicted molar refractivity (Wildman–Crippen MR) is 101 cm³/mol. The molecule has 0 radical (unpaired) electrons.